The molecule has 3 aliphatic heterocycles. The Morgan fingerprint density at radius 1 is 1.00 bits per heavy atom. The Hall–Kier alpha value is -4.24. The average Bonchev–Trinajstić information content (AvgIpc) is 3.41. The molecule has 0 saturated carbocycles. The fourth-order valence-corrected chi connectivity index (χ4v) is 6.23. The van der Waals surface area contributed by atoms with Crippen molar-refractivity contribution in [3.63, 3.8) is 0 Å². The third-order valence-corrected chi connectivity index (χ3v) is 8.58. The van der Waals surface area contributed by atoms with Gasteiger partial charge in [-0.15, -0.1) is 0 Å². The van der Waals surface area contributed by atoms with Crippen LogP contribution in [0.2, 0.25) is 0 Å². The largest absolute Gasteiger partial charge is 0.369 e. The lowest BCUT2D eigenvalue weighted by atomic mass is 9.96. The summed E-state index contributed by atoms with van der Waals surface area (Å²) in [5, 5.41) is 5.92. The Morgan fingerprint density at radius 2 is 1.83 bits per heavy atom. The van der Waals surface area contributed by atoms with Gasteiger partial charge in [0.15, 0.2) is 0 Å². The topological polar surface area (TPSA) is 97.9 Å². The first-order chi connectivity index (χ1) is 20.5. The van der Waals surface area contributed by atoms with Crippen molar-refractivity contribution in [3.8, 4) is 11.1 Å². The van der Waals surface area contributed by atoms with Crippen LogP contribution in [-0.2, 0) is 11.3 Å². The van der Waals surface area contributed by atoms with Crippen LogP contribution < -0.4 is 15.5 Å². The Balaban J connectivity index is 1.09. The number of fused-ring (bicyclic) bond motifs is 1. The number of hydrogen-bond acceptors (Lipinski definition) is 6. The Kier molecular flexibility index (Phi) is 8.19. The molecule has 2 fully saturated rings. The van der Waals surface area contributed by atoms with Gasteiger partial charge in [0.1, 0.15) is 5.69 Å². The third-order valence-electron chi connectivity index (χ3n) is 8.58. The van der Waals surface area contributed by atoms with Gasteiger partial charge in [0, 0.05) is 68.9 Å². The highest BCUT2D eigenvalue weighted by Crippen LogP contribution is 2.28. The molecule has 2 N–H and O–H groups in total. The zero-order chi connectivity index (χ0) is 29.1. The molecule has 0 unspecified atom stereocenters. The number of piperazine rings is 1. The van der Waals surface area contributed by atoms with Gasteiger partial charge in [-0.05, 0) is 72.8 Å². The maximum Gasteiger partial charge on any atom is 0.272 e. The lowest BCUT2D eigenvalue weighted by molar-refractivity contribution is -0.121. The van der Waals surface area contributed by atoms with Gasteiger partial charge in [-0.1, -0.05) is 31.2 Å². The van der Waals surface area contributed by atoms with Crippen molar-refractivity contribution in [2.24, 2.45) is 5.92 Å². The smallest absolute Gasteiger partial charge is 0.272 e. The van der Waals surface area contributed by atoms with Crippen LogP contribution in [0.25, 0.3) is 11.1 Å². The minimum Gasteiger partial charge on any atom is -0.369 e. The summed E-state index contributed by atoms with van der Waals surface area (Å²) >= 11 is 0. The molecule has 4 heterocycles. The summed E-state index contributed by atoms with van der Waals surface area (Å²) in [5.74, 6) is -0.573. The first-order valence-corrected chi connectivity index (χ1v) is 15.0. The molecule has 9 nitrogen and oxygen atoms in total. The zero-order valence-corrected chi connectivity index (χ0v) is 24.1. The van der Waals surface area contributed by atoms with Gasteiger partial charge < -0.3 is 20.4 Å². The summed E-state index contributed by atoms with van der Waals surface area (Å²) in [6.45, 7) is 8.79. The maximum atomic E-state index is 13.5. The normalized spacial score (nSPS) is 18.9. The van der Waals surface area contributed by atoms with Crippen molar-refractivity contribution in [2.75, 3.05) is 56.0 Å². The van der Waals surface area contributed by atoms with E-state index in [-0.39, 0.29) is 23.6 Å². The van der Waals surface area contributed by atoms with Crippen LogP contribution >= 0.6 is 0 Å². The number of aromatic nitrogens is 1. The van der Waals surface area contributed by atoms with Crippen LogP contribution in [0.3, 0.4) is 0 Å². The molecule has 0 aliphatic carbocycles. The highest BCUT2D eigenvalue weighted by Gasteiger charge is 2.30. The number of nitrogens with zero attached hydrogens (tertiary/aromatic N) is 4. The number of rotatable bonds is 7. The van der Waals surface area contributed by atoms with Crippen LogP contribution in [0.4, 0.5) is 11.4 Å². The standard InChI is InChI=1S/C33H38N6O3/c1-2-12-37-14-16-38(17-15-37)28-10-11-34-30(20-28)33(42)39-13-4-6-26(22-39)31(40)36-27-7-3-5-23(18-27)24-8-9-25-21-35-32(41)29(25)19-24/h3,5,7-11,18-20,26H,2,4,6,12-17,21-22H2,1H3,(H,35,41)(H,36,40)/t26-/m0/s1. The Labute approximate surface area is 246 Å². The fraction of sp³-hybridized carbons (Fsp3) is 0.394. The van der Waals surface area contributed by atoms with Gasteiger partial charge >= 0.3 is 0 Å². The lowest BCUT2D eigenvalue weighted by Gasteiger charge is -2.36. The molecule has 42 heavy (non-hydrogen) atoms. The highest BCUT2D eigenvalue weighted by atomic mass is 16.2. The van der Waals surface area contributed by atoms with Gasteiger partial charge in [-0.2, -0.15) is 0 Å². The number of benzene rings is 2. The molecule has 3 aliphatic rings. The van der Waals surface area contributed by atoms with E-state index in [9.17, 15) is 14.4 Å². The third kappa shape index (κ3) is 6.01. The van der Waals surface area contributed by atoms with E-state index in [0.29, 0.717) is 36.6 Å². The van der Waals surface area contributed by atoms with Crippen molar-refractivity contribution in [1.29, 1.82) is 0 Å². The molecular formula is C33H38N6O3. The van der Waals surface area contributed by atoms with E-state index in [1.165, 1.54) is 0 Å². The van der Waals surface area contributed by atoms with Gasteiger partial charge in [-0.25, -0.2) is 0 Å². The molecule has 218 valence electrons. The van der Waals surface area contributed by atoms with Crippen molar-refractivity contribution in [2.45, 2.75) is 32.7 Å². The Bertz CT molecular complexity index is 1480. The van der Waals surface area contributed by atoms with E-state index in [4.69, 9.17) is 0 Å². The number of hydrogen-bond donors (Lipinski definition) is 2. The van der Waals surface area contributed by atoms with Gasteiger partial charge in [-0.3, -0.25) is 24.3 Å². The van der Waals surface area contributed by atoms with Crippen LogP contribution in [0.1, 0.15) is 52.6 Å². The second kappa shape index (κ2) is 12.3. The maximum absolute atomic E-state index is 13.5. The summed E-state index contributed by atoms with van der Waals surface area (Å²) in [4.78, 5) is 49.9. The first-order valence-electron chi connectivity index (χ1n) is 15.0. The zero-order valence-electron chi connectivity index (χ0n) is 24.1. The molecule has 0 spiro atoms. The number of pyridine rings is 1. The van der Waals surface area contributed by atoms with Gasteiger partial charge in [0.05, 0.1) is 5.92 Å². The van der Waals surface area contributed by atoms with Crippen LogP contribution in [0.5, 0.6) is 0 Å². The molecule has 3 aromatic rings. The minimum atomic E-state index is -0.301. The van der Waals surface area contributed by atoms with Gasteiger partial charge in [0.2, 0.25) is 5.91 Å². The molecule has 2 aromatic carbocycles. The molecule has 3 amide bonds. The summed E-state index contributed by atoms with van der Waals surface area (Å²) in [7, 11) is 0. The summed E-state index contributed by atoms with van der Waals surface area (Å²) < 4.78 is 0. The SMILES string of the molecule is CCCN1CCN(c2ccnc(C(=O)N3CCC[C@H](C(=O)Nc4cccc(-c5ccc6c(c5)C(=O)NC6)c4)C3)c2)CC1. The lowest BCUT2D eigenvalue weighted by Crippen LogP contribution is -2.46. The van der Waals surface area contributed by atoms with Gasteiger partial charge in [0.25, 0.3) is 11.8 Å². The molecule has 1 aromatic heterocycles. The van der Waals surface area contributed by atoms with Crippen LogP contribution in [0, 0.1) is 5.92 Å². The van der Waals surface area contributed by atoms with E-state index in [0.717, 1.165) is 74.4 Å². The Morgan fingerprint density at radius 3 is 2.67 bits per heavy atom. The monoisotopic (exact) mass is 566 g/mol. The molecule has 6 rings (SSSR count). The molecule has 0 radical (unpaired) electrons. The van der Waals surface area contributed by atoms with Crippen molar-refractivity contribution in [1.82, 2.24) is 20.1 Å². The number of nitrogens with one attached hydrogen (secondary N) is 2. The number of amides is 3. The molecule has 1 atom stereocenters. The van der Waals surface area contributed by atoms with Crippen molar-refractivity contribution < 1.29 is 14.4 Å². The summed E-state index contributed by atoms with van der Waals surface area (Å²) in [5.41, 5.74) is 5.70. The molecule has 9 heteroatoms. The second-order valence-electron chi connectivity index (χ2n) is 11.4. The molecular weight excluding hydrogens is 528 g/mol. The number of anilines is 2. The second-order valence-corrected chi connectivity index (χ2v) is 11.4. The minimum absolute atomic E-state index is 0.0557. The number of piperidine rings is 1. The predicted octanol–water partition coefficient (Wildman–Crippen LogP) is 4.01. The summed E-state index contributed by atoms with van der Waals surface area (Å²) in [6, 6.07) is 17.4. The quantitative estimate of drug-likeness (QED) is 0.449. The van der Waals surface area contributed by atoms with E-state index in [2.05, 4.69) is 32.3 Å². The van der Waals surface area contributed by atoms with E-state index < -0.39 is 0 Å². The van der Waals surface area contributed by atoms with Crippen LogP contribution in [-0.4, -0.2) is 78.3 Å². The highest BCUT2D eigenvalue weighted by molar-refractivity contribution is 6.00. The van der Waals surface area contributed by atoms with E-state index >= 15 is 0 Å². The predicted molar refractivity (Wildman–Crippen MR) is 163 cm³/mol. The number of carbonyl (C=O) groups is 3. The summed E-state index contributed by atoms with van der Waals surface area (Å²) in [6.07, 6.45) is 4.37. The first kappa shape index (κ1) is 27.9. The molecule has 0 bridgehead atoms. The fourth-order valence-electron chi connectivity index (χ4n) is 6.23. The number of carbonyl (C=O) groups excluding carboxylic acids is 3. The van der Waals surface area contributed by atoms with E-state index in [1.807, 2.05) is 54.6 Å². The van der Waals surface area contributed by atoms with E-state index in [1.54, 1.807) is 11.1 Å². The average molecular weight is 567 g/mol. The van der Waals surface area contributed by atoms with Crippen molar-refractivity contribution >= 4 is 29.1 Å². The van der Waals surface area contributed by atoms with Crippen molar-refractivity contribution in [3.05, 3.63) is 77.6 Å². The molecule has 2 saturated heterocycles. The van der Waals surface area contributed by atoms with Crippen LogP contribution in [0.15, 0.2) is 60.8 Å². The number of likely N-dealkylation sites (tertiary alicyclic amines) is 1.